The summed E-state index contributed by atoms with van der Waals surface area (Å²) in [6.07, 6.45) is 4.98. The van der Waals surface area contributed by atoms with Crippen molar-refractivity contribution < 1.29 is 14.3 Å². The number of nitrogens with zero attached hydrogens (tertiary/aromatic N) is 2. The van der Waals surface area contributed by atoms with Gasteiger partial charge in [-0.25, -0.2) is 0 Å². The minimum absolute atomic E-state index is 0.0985. The average Bonchev–Trinajstić information content (AvgIpc) is 2.78. The lowest BCUT2D eigenvalue weighted by atomic mass is 10.00. The number of benzene rings is 2. The third-order valence-corrected chi connectivity index (χ3v) is 5.08. The Morgan fingerprint density at radius 2 is 1.97 bits per heavy atom. The van der Waals surface area contributed by atoms with E-state index in [0.29, 0.717) is 28.6 Å². The molecule has 6 nitrogen and oxygen atoms in total. The largest absolute Gasteiger partial charge is 0.484 e. The van der Waals surface area contributed by atoms with E-state index in [-0.39, 0.29) is 18.4 Å². The Balaban J connectivity index is 1.46. The van der Waals surface area contributed by atoms with Crippen molar-refractivity contribution >= 4 is 34.8 Å². The molecule has 0 spiro atoms. The zero-order valence-corrected chi connectivity index (χ0v) is 16.9. The Hall–Kier alpha value is -3.38. The van der Waals surface area contributed by atoms with Gasteiger partial charge < -0.3 is 15.0 Å². The first-order valence-corrected chi connectivity index (χ1v) is 10.0. The molecule has 1 aromatic heterocycles. The summed E-state index contributed by atoms with van der Waals surface area (Å²) in [6.45, 7) is 0.495. The predicted molar refractivity (Wildman–Crippen MR) is 116 cm³/mol. The van der Waals surface area contributed by atoms with E-state index in [0.717, 1.165) is 24.1 Å². The molecule has 0 bridgehead atoms. The Morgan fingerprint density at radius 3 is 2.73 bits per heavy atom. The maximum absolute atomic E-state index is 12.9. The molecule has 4 rings (SSSR count). The van der Waals surface area contributed by atoms with E-state index in [9.17, 15) is 9.59 Å². The molecular formula is C23H20ClN3O3. The third kappa shape index (κ3) is 4.60. The summed E-state index contributed by atoms with van der Waals surface area (Å²) in [5.41, 5.74) is 3.04. The highest BCUT2D eigenvalue weighted by molar-refractivity contribution is 6.30. The topological polar surface area (TPSA) is 71.5 Å². The van der Waals surface area contributed by atoms with Crippen LogP contribution in [0.25, 0.3) is 0 Å². The van der Waals surface area contributed by atoms with Crippen LogP contribution in [0, 0.1) is 0 Å². The quantitative estimate of drug-likeness (QED) is 0.665. The van der Waals surface area contributed by atoms with E-state index in [1.54, 1.807) is 53.7 Å². The van der Waals surface area contributed by atoms with Crippen molar-refractivity contribution in [1.82, 2.24) is 4.98 Å². The number of carbonyl (C=O) groups is 2. The van der Waals surface area contributed by atoms with Crippen molar-refractivity contribution in [3.63, 3.8) is 0 Å². The van der Waals surface area contributed by atoms with Gasteiger partial charge in [0.25, 0.3) is 11.8 Å². The number of fused-ring (bicyclic) bond motifs is 1. The first-order chi connectivity index (χ1) is 14.6. The van der Waals surface area contributed by atoms with E-state index in [1.807, 2.05) is 18.2 Å². The van der Waals surface area contributed by atoms with E-state index >= 15 is 0 Å². The number of hydrogen-bond acceptors (Lipinski definition) is 4. The summed E-state index contributed by atoms with van der Waals surface area (Å²) in [4.78, 5) is 31.0. The van der Waals surface area contributed by atoms with Gasteiger partial charge in [0.05, 0.1) is 5.56 Å². The van der Waals surface area contributed by atoms with Crippen molar-refractivity contribution in [3.05, 3.63) is 83.1 Å². The van der Waals surface area contributed by atoms with Gasteiger partial charge in [-0.05, 0) is 66.9 Å². The van der Waals surface area contributed by atoms with Gasteiger partial charge in [0.1, 0.15) is 5.75 Å². The van der Waals surface area contributed by atoms with Crippen molar-refractivity contribution in [2.75, 3.05) is 23.4 Å². The molecule has 7 heteroatoms. The van der Waals surface area contributed by atoms with E-state index in [2.05, 4.69) is 10.3 Å². The SMILES string of the molecule is O=C(COc1ccc(Cl)cc1)Nc1ccc2c(c1)N(C(=O)c1cccnc1)CCC2. The maximum Gasteiger partial charge on any atom is 0.262 e. The minimum Gasteiger partial charge on any atom is -0.484 e. The highest BCUT2D eigenvalue weighted by Gasteiger charge is 2.24. The second kappa shape index (κ2) is 8.97. The molecule has 1 N–H and O–H groups in total. The van der Waals surface area contributed by atoms with Crippen molar-refractivity contribution in [2.45, 2.75) is 12.8 Å². The van der Waals surface area contributed by atoms with Gasteiger partial charge in [-0.3, -0.25) is 14.6 Å². The minimum atomic E-state index is -0.286. The van der Waals surface area contributed by atoms with Crippen LogP contribution in [0.15, 0.2) is 67.0 Å². The first kappa shape index (κ1) is 19.9. The Labute approximate surface area is 179 Å². The Bertz CT molecular complexity index is 1060. The number of nitrogens with one attached hydrogen (secondary N) is 1. The molecule has 0 aliphatic carbocycles. The standard InChI is InChI=1S/C23H20ClN3O3/c24-18-6-9-20(10-7-18)30-15-22(28)26-19-8-5-16-4-2-12-27(21(16)13-19)23(29)17-3-1-11-25-14-17/h1,3,5-11,13-14H,2,4,12,15H2,(H,26,28). The molecule has 3 aromatic rings. The molecule has 0 atom stereocenters. The van der Waals surface area contributed by atoms with Gasteiger partial charge >= 0.3 is 0 Å². The molecule has 0 unspecified atom stereocenters. The smallest absolute Gasteiger partial charge is 0.262 e. The van der Waals surface area contributed by atoms with Crippen LogP contribution in [0.2, 0.25) is 5.02 Å². The molecule has 0 saturated heterocycles. The normalized spacial score (nSPS) is 12.8. The molecule has 152 valence electrons. The molecule has 30 heavy (non-hydrogen) atoms. The van der Waals surface area contributed by atoms with Gasteiger partial charge in [0.2, 0.25) is 0 Å². The van der Waals surface area contributed by atoms with Gasteiger partial charge in [0.15, 0.2) is 6.61 Å². The van der Waals surface area contributed by atoms with Gasteiger partial charge in [0, 0.05) is 35.3 Å². The number of aryl methyl sites for hydroxylation is 1. The Morgan fingerprint density at radius 1 is 1.13 bits per heavy atom. The number of amides is 2. The average molecular weight is 422 g/mol. The van der Waals surface area contributed by atoms with Crippen molar-refractivity contribution in [2.24, 2.45) is 0 Å². The fraction of sp³-hybridized carbons (Fsp3) is 0.174. The Kier molecular flexibility index (Phi) is 5.95. The molecule has 2 aromatic carbocycles. The van der Waals surface area contributed by atoms with Crippen molar-refractivity contribution in [3.8, 4) is 5.75 Å². The molecule has 2 heterocycles. The first-order valence-electron chi connectivity index (χ1n) is 9.63. The summed E-state index contributed by atoms with van der Waals surface area (Å²) in [7, 11) is 0. The number of aromatic nitrogens is 1. The third-order valence-electron chi connectivity index (χ3n) is 4.82. The van der Waals surface area contributed by atoms with Crippen LogP contribution >= 0.6 is 11.6 Å². The zero-order chi connectivity index (χ0) is 20.9. The predicted octanol–water partition coefficient (Wildman–Crippen LogP) is 4.35. The highest BCUT2D eigenvalue weighted by atomic mass is 35.5. The van der Waals surface area contributed by atoms with Gasteiger partial charge in [-0.1, -0.05) is 17.7 Å². The van der Waals surface area contributed by atoms with Crippen molar-refractivity contribution in [1.29, 1.82) is 0 Å². The lowest BCUT2D eigenvalue weighted by Crippen LogP contribution is -2.35. The summed E-state index contributed by atoms with van der Waals surface area (Å²) >= 11 is 5.85. The summed E-state index contributed by atoms with van der Waals surface area (Å²) in [5.74, 6) is 0.178. The molecular weight excluding hydrogens is 402 g/mol. The van der Waals surface area contributed by atoms with E-state index < -0.39 is 0 Å². The monoisotopic (exact) mass is 421 g/mol. The fourth-order valence-electron chi connectivity index (χ4n) is 3.39. The van der Waals surface area contributed by atoms with Crippen LogP contribution < -0.4 is 15.0 Å². The fourth-order valence-corrected chi connectivity index (χ4v) is 3.51. The summed E-state index contributed by atoms with van der Waals surface area (Å²) in [6, 6.07) is 15.9. The van der Waals surface area contributed by atoms with Gasteiger partial charge in [-0.2, -0.15) is 0 Å². The lowest BCUT2D eigenvalue weighted by Gasteiger charge is -2.30. The van der Waals surface area contributed by atoms with E-state index in [4.69, 9.17) is 16.3 Å². The second-order valence-corrected chi connectivity index (χ2v) is 7.37. The molecule has 1 aliphatic rings. The highest BCUT2D eigenvalue weighted by Crippen LogP contribution is 2.31. The van der Waals surface area contributed by atoms with Crippen LogP contribution in [0.3, 0.4) is 0 Å². The number of anilines is 2. The van der Waals surface area contributed by atoms with Crippen LogP contribution in [-0.4, -0.2) is 29.9 Å². The van der Waals surface area contributed by atoms with Crippen LogP contribution in [-0.2, 0) is 11.2 Å². The zero-order valence-electron chi connectivity index (χ0n) is 16.2. The number of ether oxygens (including phenoxy) is 1. The molecule has 0 radical (unpaired) electrons. The van der Waals surface area contributed by atoms with Gasteiger partial charge in [-0.15, -0.1) is 0 Å². The summed E-state index contributed by atoms with van der Waals surface area (Å²) in [5, 5.41) is 3.44. The second-order valence-electron chi connectivity index (χ2n) is 6.94. The van der Waals surface area contributed by atoms with Crippen LogP contribution in [0.4, 0.5) is 11.4 Å². The molecule has 1 aliphatic heterocycles. The number of rotatable bonds is 5. The van der Waals surface area contributed by atoms with Crippen LogP contribution in [0.1, 0.15) is 22.3 Å². The molecule has 2 amide bonds. The number of pyridine rings is 1. The number of carbonyl (C=O) groups excluding carboxylic acids is 2. The van der Waals surface area contributed by atoms with Crippen LogP contribution in [0.5, 0.6) is 5.75 Å². The number of halogens is 1. The maximum atomic E-state index is 12.9. The summed E-state index contributed by atoms with van der Waals surface area (Å²) < 4.78 is 5.48. The lowest BCUT2D eigenvalue weighted by molar-refractivity contribution is -0.118. The van der Waals surface area contributed by atoms with E-state index in [1.165, 1.54) is 0 Å². The molecule has 0 saturated carbocycles. The molecule has 0 fully saturated rings. The number of hydrogen-bond donors (Lipinski definition) is 1.